The lowest BCUT2D eigenvalue weighted by Crippen LogP contribution is -2.14. The van der Waals surface area contributed by atoms with E-state index in [0.717, 1.165) is 18.7 Å². The number of anilines is 1. The van der Waals surface area contributed by atoms with Crippen LogP contribution in [0.5, 0.6) is 0 Å². The zero-order valence-corrected chi connectivity index (χ0v) is 12.0. The van der Waals surface area contributed by atoms with Crippen molar-refractivity contribution in [2.75, 3.05) is 11.3 Å². The second-order valence-electron chi connectivity index (χ2n) is 4.27. The van der Waals surface area contributed by atoms with Crippen LogP contribution < -0.4 is 10.0 Å². The molecule has 2 N–H and O–H groups in total. The number of sulfonamides is 1. The molecule has 0 atom stereocenters. The summed E-state index contributed by atoms with van der Waals surface area (Å²) in [6.07, 6.45) is 3.06. The molecule has 0 radical (unpaired) electrons. The monoisotopic (exact) mass is 291 g/mol. The summed E-state index contributed by atoms with van der Waals surface area (Å²) in [7, 11) is -3.56. The van der Waals surface area contributed by atoms with E-state index in [1.165, 1.54) is 6.20 Å². The summed E-state index contributed by atoms with van der Waals surface area (Å²) >= 11 is 0. The summed E-state index contributed by atoms with van der Waals surface area (Å²) in [5.41, 5.74) is 1.50. The molecule has 0 bridgehead atoms. The Kier molecular flexibility index (Phi) is 4.70. The first-order valence-corrected chi connectivity index (χ1v) is 7.82. The van der Waals surface area contributed by atoms with Crippen LogP contribution in [0, 0.1) is 0 Å². The van der Waals surface area contributed by atoms with Crippen LogP contribution >= 0.6 is 0 Å². The number of nitrogens with one attached hydrogen (secondary N) is 2. The number of rotatable bonds is 6. The summed E-state index contributed by atoms with van der Waals surface area (Å²) in [5.74, 6) is 0. The van der Waals surface area contributed by atoms with E-state index in [9.17, 15) is 8.42 Å². The number of aromatic nitrogens is 1. The van der Waals surface area contributed by atoms with Gasteiger partial charge in [0.2, 0.25) is 0 Å². The first-order chi connectivity index (χ1) is 9.62. The maximum atomic E-state index is 12.2. The van der Waals surface area contributed by atoms with Crippen LogP contribution in [-0.2, 0) is 16.6 Å². The number of hydrogen-bond donors (Lipinski definition) is 2. The highest BCUT2D eigenvalue weighted by Crippen LogP contribution is 2.15. The Morgan fingerprint density at radius 2 is 1.90 bits per heavy atom. The topological polar surface area (TPSA) is 71.1 Å². The van der Waals surface area contributed by atoms with Gasteiger partial charge in [0.25, 0.3) is 10.0 Å². The maximum Gasteiger partial charge on any atom is 0.261 e. The molecule has 1 aromatic heterocycles. The molecule has 0 saturated carbocycles. The highest BCUT2D eigenvalue weighted by Gasteiger charge is 2.13. The van der Waals surface area contributed by atoms with E-state index in [1.807, 2.05) is 6.92 Å². The Morgan fingerprint density at radius 1 is 1.15 bits per heavy atom. The van der Waals surface area contributed by atoms with Gasteiger partial charge in [-0.05, 0) is 36.4 Å². The summed E-state index contributed by atoms with van der Waals surface area (Å²) < 4.78 is 26.8. The highest BCUT2D eigenvalue weighted by atomic mass is 32.2. The van der Waals surface area contributed by atoms with Gasteiger partial charge in [0.15, 0.2) is 0 Å². The Morgan fingerprint density at radius 3 is 2.50 bits per heavy atom. The summed E-state index contributed by atoms with van der Waals surface area (Å²) in [5, 5.41) is 3.19. The first kappa shape index (κ1) is 14.5. The van der Waals surface area contributed by atoms with Crippen molar-refractivity contribution in [2.24, 2.45) is 0 Å². The van der Waals surface area contributed by atoms with Crippen molar-refractivity contribution in [2.45, 2.75) is 18.4 Å². The smallest absolute Gasteiger partial charge is 0.261 e. The van der Waals surface area contributed by atoms with Gasteiger partial charge in [-0.15, -0.1) is 0 Å². The summed E-state index contributed by atoms with van der Waals surface area (Å²) in [4.78, 5) is 4.11. The molecule has 1 heterocycles. The molecule has 5 nitrogen and oxygen atoms in total. The predicted octanol–water partition coefficient (Wildman–Crippen LogP) is 1.99. The zero-order chi connectivity index (χ0) is 14.4. The Balaban J connectivity index is 2.13. The van der Waals surface area contributed by atoms with E-state index < -0.39 is 10.0 Å². The lowest BCUT2D eigenvalue weighted by molar-refractivity contribution is 0.601. The SMILES string of the molecule is CCNCc1ccc(S(=O)(=O)Nc2cccnc2)cc1. The lowest BCUT2D eigenvalue weighted by atomic mass is 10.2. The Labute approximate surface area is 119 Å². The molecule has 106 valence electrons. The molecule has 6 heteroatoms. The van der Waals surface area contributed by atoms with Gasteiger partial charge < -0.3 is 5.32 Å². The maximum absolute atomic E-state index is 12.2. The molecule has 20 heavy (non-hydrogen) atoms. The molecule has 2 rings (SSSR count). The third-order valence-electron chi connectivity index (χ3n) is 2.73. The quantitative estimate of drug-likeness (QED) is 0.854. The van der Waals surface area contributed by atoms with Gasteiger partial charge >= 0.3 is 0 Å². The average molecular weight is 291 g/mol. The molecule has 0 unspecified atom stereocenters. The fourth-order valence-electron chi connectivity index (χ4n) is 1.69. The number of hydrogen-bond acceptors (Lipinski definition) is 4. The van der Waals surface area contributed by atoms with Crippen LogP contribution in [0.4, 0.5) is 5.69 Å². The molecule has 2 aromatic rings. The minimum absolute atomic E-state index is 0.238. The van der Waals surface area contributed by atoms with Crippen LogP contribution in [0.15, 0.2) is 53.7 Å². The third kappa shape index (κ3) is 3.79. The number of benzene rings is 1. The Bertz CT molecular complexity index is 640. The molecule has 0 spiro atoms. The number of nitrogens with zero attached hydrogens (tertiary/aromatic N) is 1. The predicted molar refractivity (Wildman–Crippen MR) is 78.9 cm³/mol. The van der Waals surface area contributed by atoms with Gasteiger partial charge in [0.1, 0.15) is 0 Å². The molecule has 0 aliphatic rings. The van der Waals surface area contributed by atoms with Crippen LogP contribution in [0.1, 0.15) is 12.5 Å². The van der Waals surface area contributed by atoms with Gasteiger partial charge in [-0.2, -0.15) is 0 Å². The van der Waals surface area contributed by atoms with Crippen molar-refractivity contribution < 1.29 is 8.42 Å². The second-order valence-corrected chi connectivity index (χ2v) is 5.95. The molecule has 0 amide bonds. The van der Waals surface area contributed by atoms with Gasteiger partial charge in [-0.3, -0.25) is 9.71 Å². The van der Waals surface area contributed by atoms with E-state index in [2.05, 4.69) is 15.0 Å². The first-order valence-electron chi connectivity index (χ1n) is 6.34. The molecule has 0 fully saturated rings. The van der Waals surface area contributed by atoms with E-state index in [0.29, 0.717) is 5.69 Å². The minimum atomic E-state index is -3.56. The fraction of sp³-hybridized carbons (Fsp3) is 0.214. The van der Waals surface area contributed by atoms with E-state index in [4.69, 9.17) is 0 Å². The van der Waals surface area contributed by atoms with Crippen molar-refractivity contribution in [3.8, 4) is 0 Å². The van der Waals surface area contributed by atoms with Crippen molar-refractivity contribution in [1.82, 2.24) is 10.3 Å². The molecular formula is C14H17N3O2S. The van der Waals surface area contributed by atoms with Crippen molar-refractivity contribution in [3.63, 3.8) is 0 Å². The Hall–Kier alpha value is -1.92. The van der Waals surface area contributed by atoms with Crippen LogP contribution in [0.3, 0.4) is 0 Å². The van der Waals surface area contributed by atoms with E-state index in [1.54, 1.807) is 42.6 Å². The fourth-order valence-corrected chi connectivity index (χ4v) is 2.74. The molecule has 0 aliphatic heterocycles. The summed E-state index contributed by atoms with van der Waals surface area (Å²) in [6.45, 7) is 3.63. The molecule has 0 saturated heterocycles. The zero-order valence-electron chi connectivity index (χ0n) is 11.2. The average Bonchev–Trinajstić information content (AvgIpc) is 2.46. The minimum Gasteiger partial charge on any atom is -0.313 e. The number of pyridine rings is 1. The van der Waals surface area contributed by atoms with Gasteiger partial charge in [0.05, 0.1) is 16.8 Å². The van der Waals surface area contributed by atoms with Crippen molar-refractivity contribution in [3.05, 3.63) is 54.4 Å². The highest BCUT2D eigenvalue weighted by molar-refractivity contribution is 7.92. The van der Waals surface area contributed by atoms with Crippen molar-refractivity contribution in [1.29, 1.82) is 0 Å². The molecular weight excluding hydrogens is 274 g/mol. The molecule has 0 aliphatic carbocycles. The van der Waals surface area contributed by atoms with Crippen molar-refractivity contribution >= 4 is 15.7 Å². The third-order valence-corrected chi connectivity index (χ3v) is 4.12. The normalized spacial score (nSPS) is 11.2. The summed E-state index contributed by atoms with van der Waals surface area (Å²) in [6, 6.07) is 10.2. The standard InChI is InChI=1S/C14H17N3O2S/c1-2-15-10-12-5-7-14(8-6-12)20(18,19)17-13-4-3-9-16-11-13/h3-9,11,15,17H,2,10H2,1H3. The largest absolute Gasteiger partial charge is 0.313 e. The second kappa shape index (κ2) is 6.49. The molecule has 1 aromatic carbocycles. The lowest BCUT2D eigenvalue weighted by Gasteiger charge is -2.08. The van der Waals surface area contributed by atoms with Gasteiger partial charge in [0, 0.05) is 12.7 Å². The van der Waals surface area contributed by atoms with Gasteiger partial charge in [-0.1, -0.05) is 19.1 Å². The van der Waals surface area contributed by atoms with Crippen LogP contribution in [0.25, 0.3) is 0 Å². The van der Waals surface area contributed by atoms with Crippen LogP contribution in [-0.4, -0.2) is 19.9 Å². The van der Waals surface area contributed by atoms with Gasteiger partial charge in [-0.25, -0.2) is 8.42 Å². The van der Waals surface area contributed by atoms with E-state index >= 15 is 0 Å². The van der Waals surface area contributed by atoms with Crippen LogP contribution in [0.2, 0.25) is 0 Å². The van der Waals surface area contributed by atoms with E-state index in [-0.39, 0.29) is 4.90 Å².